The van der Waals surface area contributed by atoms with Gasteiger partial charge in [0.1, 0.15) is 17.1 Å². The molecule has 1 heterocycles. The first-order valence-electron chi connectivity index (χ1n) is 7.96. The van der Waals surface area contributed by atoms with E-state index in [0.29, 0.717) is 23.2 Å². The number of methoxy groups -OCH3 is 1. The fourth-order valence-corrected chi connectivity index (χ4v) is 2.62. The molecule has 1 N–H and O–H groups in total. The molecule has 0 aliphatic heterocycles. The number of carbonyl (C=O) groups excluding carboxylic acids is 1. The predicted molar refractivity (Wildman–Crippen MR) is 99.4 cm³/mol. The lowest BCUT2D eigenvalue weighted by Gasteiger charge is -2.10. The van der Waals surface area contributed by atoms with Crippen LogP contribution in [0.1, 0.15) is 25.3 Å². The minimum absolute atomic E-state index is 0.131. The Hall–Kier alpha value is -2.53. The third-order valence-electron chi connectivity index (χ3n) is 3.92. The van der Waals surface area contributed by atoms with Gasteiger partial charge in [-0.15, -0.1) is 11.6 Å². The molecular weight excluding hydrogens is 340 g/mol. The van der Waals surface area contributed by atoms with Crippen molar-refractivity contribution >= 4 is 34.3 Å². The number of nitrogens with zero attached hydrogens (tertiary/aromatic N) is 1. The summed E-state index contributed by atoms with van der Waals surface area (Å²) in [5.41, 5.74) is 4.01. The van der Waals surface area contributed by atoms with Gasteiger partial charge in [-0.25, -0.2) is 4.98 Å². The maximum Gasteiger partial charge on any atom is 0.239 e. The number of carbonyl (C=O) groups is 1. The smallest absolute Gasteiger partial charge is 0.239 e. The van der Waals surface area contributed by atoms with Crippen LogP contribution in [0.2, 0.25) is 0 Å². The van der Waals surface area contributed by atoms with Gasteiger partial charge in [-0.05, 0) is 41.8 Å². The molecule has 0 radical (unpaired) electrons. The maximum atomic E-state index is 11.6. The van der Waals surface area contributed by atoms with Crippen molar-refractivity contribution in [3.05, 3.63) is 42.0 Å². The Morgan fingerprint density at radius 2 is 2.08 bits per heavy atom. The monoisotopic (exact) mass is 358 g/mol. The average molecular weight is 359 g/mol. The van der Waals surface area contributed by atoms with Gasteiger partial charge in [0.15, 0.2) is 5.58 Å². The Morgan fingerprint density at radius 1 is 1.28 bits per heavy atom. The van der Waals surface area contributed by atoms with E-state index in [4.69, 9.17) is 20.8 Å². The van der Waals surface area contributed by atoms with E-state index in [0.717, 1.165) is 16.7 Å². The van der Waals surface area contributed by atoms with Crippen molar-refractivity contribution < 1.29 is 13.9 Å². The van der Waals surface area contributed by atoms with E-state index in [1.54, 1.807) is 12.1 Å². The van der Waals surface area contributed by atoms with Gasteiger partial charge in [0.2, 0.25) is 11.8 Å². The molecule has 2 aromatic carbocycles. The number of oxazole rings is 1. The van der Waals surface area contributed by atoms with Gasteiger partial charge in [0, 0.05) is 5.56 Å². The number of aromatic nitrogens is 1. The summed E-state index contributed by atoms with van der Waals surface area (Å²) in [5.74, 6) is 1.01. The van der Waals surface area contributed by atoms with Crippen molar-refractivity contribution in [3.63, 3.8) is 0 Å². The number of alkyl halides is 1. The second kappa shape index (κ2) is 7.15. The lowest BCUT2D eigenvalue weighted by molar-refractivity contribution is -0.113. The summed E-state index contributed by atoms with van der Waals surface area (Å²) in [6.45, 7) is 4.27. The van der Waals surface area contributed by atoms with Crippen LogP contribution in [-0.4, -0.2) is 23.9 Å². The van der Waals surface area contributed by atoms with Crippen LogP contribution in [0.15, 0.2) is 40.8 Å². The second-order valence-electron chi connectivity index (χ2n) is 6.00. The lowest BCUT2D eigenvalue weighted by atomic mass is 10.0. The fraction of sp³-hybridized carbons (Fsp3) is 0.263. The van der Waals surface area contributed by atoms with Crippen molar-refractivity contribution in [2.45, 2.75) is 19.8 Å². The van der Waals surface area contributed by atoms with Gasteiger partial charge in [-0.1, -0.05) is 19.9 Å². The maximum absolute atomic E-state index is 11.6. The molecule has 0 fully saturated rings. The Balaban J connectivity index is 2.02. The van der Waals surface area contributed by atoms with Gasteiger partial charge < -0.3 is 14.5 Å². The van der Waals surface area contributed by atoms with E-state index >= 15 is 0 Å². The van der Waals surface area contributed by atoms with Gasteiger partial charge in [0.25, 0.3) is 0 Å². The number of amides is 1. The molecule has 0 spiro atoms. The summed E-state index contributed by atoms with van der Waals surface area (Å²) in [7, 11) is 1.54. The van der Waals surface area contributed by atoms with Gasteiger partial charge >= 0.3 is 0 Å². The van der Waals surface area contributed by atoms with E-state index in [1.165, 1.54) is 12.7 Å². The molecular formula is C19H19ClN2O3. The van der Waals surface area contributed by atoms with E-state index in [-0.39, 0.29) is 11.8 Å². The number of hydrogen-bond acceptors (Lipinski definition) is 4. The highest BCUT2D eigenvalue weighted by Crippen LogP contribution is 2.32. The molecule has 25 heavy (non-hydrogen) atoms. The highest BCUT2D eigenvalue weighted by Gasteiger charge is 2.14. The Labute approximate surface area is 151 Å². The SMILES string of the molecule is COc1ccc(-c2nc3cc(C(C)C)ccc3o2)cc1NC(=O)CCl. The third-order valence-corrected chi connectivity index (χ3v) is 4.16. The molecule has 3 rings (SSSR count). The highest BCUT2D eigenvalue weighted by molar-refractivity contribution is 6.29. The van der Waals surface area contributed by atoms with E-state index < -0.39 is 0 Å². The Kier molecular flexibility index (Phi) is 4.95. The van der Waals surface area contributed by atoms with Crippen molar-refractivity contribution in [2.75, 3.05) is 18.3 Å². The highest BCUT2D eigenvalue weighted by atomic mass is 35.5. The van der Waals surface area contributed by atoms with Crippen LogP contribution >= 0.6 is 11.6 Å². The summed E-state index contributed by atoms with van der Waals surface area (Å²) in [6, 6.07) is 11.4. The molecule has 1 aromatic heterocycles. The van der Waals surface area contributed by atoms with Crippen molar-refractivity contribution in [1.82, 2.24) is 4.98 Å². The molecule has 0 aliphatic carbocycles. The molecule has 0 aliphatic rings. The molecule has 0 saturated carbocycles. The second-order valence-corrected chi connectivity index (χ2v) is 6.27. The van der Waals surface area contributed by atoms with Crippen LogP contribution in [-0.2, 0) is 4.79 Å². The topological polar surface area (TPSA) is 64.4 Å². The van der Waals surface area contributed by atoms with E-state index in [2.05, 4.69) is 24.1 Å². The zero-order valence-corrected chi connectivity index (χ0v) is 15.1. The number of fused-ring (bicyclic) bond motifs is 1. The van der Waals surface area contributed by atoms with Crippen LogP contribution in [0.25, 0.3) is 22.6 Å². The number of anilines is 1. The van der Waals surface area contributed by atoms with Crippen LogP contribution in [0.5, 0.6) is 5.75 Å². The zero-order chi connectivity index (χ0) is 18.0. The fourth-order valence-electron chi connectivity index (χ4n) is 2.55. The summed E-state index contributed by atoms with van der Waals surface area (Å²) in [6.07, 6.45) is 0. The number of benzene rings is 2. The first kappa shape index (κ1) is 17.3. The van der Waals surface area contributed by atoms with E-state index in [9.17, 15) is 4.79 Å². The zero-order valence-electron chi connectivity index (χ0n) is 14.3. The van der Waals surface area contributed by atoms with E-state index in [1.807, 2.05) is 24.3 Å². The number of rotatable bonds is 5. The molecule has 0 unspecified atom stereocenters. The largest absolute Gasteiger partial charge is 0.495 e. The molecule has 5 nitrogen and oxygen atoms in total. The standard InChI is InChI=1S/C19H19ClN2O3/c1-11(2)12-4-7-17-15(8-12)22-19(25-17)13-5-6-16(24-3)14(9-13)21-18(23)10-20/h4-9,11H,10H2,1-3H3,(H,21,23). The van der Waals surface area contributed by atoms with Gasteiger partial charge in [-0.3, -0.25) is 4.79 Å². The molecule has 0 saturated heterocycles. The minimum Gasteiger partial charge on any atom is -0.495 e. The summed E-state index contributed by atoms with van der Waals surface area (Å²) < 4.78 is 11.1. The van der Waals surface area contributed by atoms with Crippen LogP contribution in [0, 0.1) is 0 Å². The summed E-state index contributed by atoms with van der Waals surface area (Å²) in [4.78, 5) is 16.2. The normalized spacial score (nSPS) is 11.1. The Bertz CT molecular complexity index is 918. The summed E-state index contributed by atoms with van der Waals surface area (Å²) in [5, 5.41) is 2.71. The lowest BCUT2D eigenvalue weighted by Crippen LogP contribution is -2.13. The van der Waals surface area contributed by atoms with Crippen LogP contribution in [0.3, 0.4) is 0 Å². The quantitative estimate of drug-likeness (QED) is 0.665. The number of nitrogens with one attached hydrogen (secondary N) is 1. The van der Waals surface area contributed by atoms with Crippen molar-refractivity contribution in [1.29, 1.82) is 0 Å². The van der Waals surface area contributed by atoms with Crippen LogP contribution in [0.4, 0.5) is 5.69 Å². The molecule has 3 aromatic rings. The number of ether oxygens (including phenoxy) is 1. The molecule has 0 atom stereocenters. The van der Waals surface area contributed by atoms with Crippen molar-refractivity contribution in [3.8, 4) is 17.2 Å². The van der Waals surface area contributed by atoms with Gasteiger partial charge in [0.05, 0.1) is 12.8 Å². The first-order chi connectivity index (χ1) is 12.0. The summed E-state index contributed by atoms with van der Waals surface area (Å²) >= 11 is 5.56. The average Bonchev–Trinajstić information content (AvgIpc) is 3.04. The van der Waals surface area contributed by atoms with Crippen molar-refractivity contribution in [2.24, 2.45) is 0 Å². The minimum atomic E-state index is -0.309. The number of halogens is 1. The molecule has 1 amide bonds. The van der Waals surface area contributed by atoms with Gasteiger partial charge in [-0.2, -0.15) is 0 Å². The molecule has 0 bridgehead atoms. The van der Waals surface area contributed by atoms with Crippen LogP contribution < -0.4 is 10.1 Å². The predicted octanol–water partition coefficient (Wildman–Crippen LogP) is 4.80. The third kappa shape index (κ3) is 3.61. The molecule has 6 heteroatoms. The first-order valence-corrected chi connectivity index (χ1v) is 8.50. The Morgan fingerprint density at radius 3 is 2.76 bits per heavy atom. The number of hydrogen-bond donors (Lipinski definition) is 1. The molecule has 130 valence electrons.